The number of likely N-dealkylation sites (tertiary alicyclic amines) is 1. The van der Waals surface area contributed by atoms with E-state index in [0.29, 0.717) is 5.92 Å². The number of fused-ring (bicyclic) bond motifs is 1. The highest BCUT2D eigenvalue weighted by Crippen LogP contribution is 2.29. The van der Waals surface area contributed by atoms with Crippen LogP contribution >= 0.6 is 0 Å². The molecule has 2 heterocycles. The third-order valence-electron chi connectivity index (χ3n) is 4.92. The van der Waals surface area contributed by atoms with Gasteiger partial charge in [-0.25, -0.2) is 4.98 Å². The van der Waals surface area contributed by atoms with Crippen molar-refractivity contribution in [2.75, 3.05) is 31.5 Å². The standard InChI is InChI=1S/C21H23N3/c1-2-6-18-15-19(9-8-17(18)5-1)20-10-13-24(16-20)14-12-23-21-7-3-4-11-22-21/h1-9,11,15,20H,10,12-14,16H2,(H,22,23). The van der Waals surface area contributed by atoms with Crippen LogP contribution in [0.4, 0.5) is 5.82 Å². The van der Waals surface area contributed by atoms with Gasteiger partial charge in [-0.3, -0.25) is 0 Å². The fraction of sp³-hybridized carbons (Fsp3) is 0.286. The maximum absolute atomic E-state index is 4.30. The Morgan fingerprint density at radius 1 is 1.00 bits per heavy atom. The Labute approximate surface area is 143 Å². The van der Waals surface area contributed by atoms with Gasteiger partial charge in [-0.05, 0) is 47.4 Å². The summed E-state index contributed by atoms with van der Waals surface area (Å²) < 4.78 is 0. The van der Waals surface area contributed by atoms with Gasteiger partial charge in [0.25, 0.3) is 0 Å². The van der Waals surface area contributed by atoms with Crippen molar-refractivity contribution in [1.82, 2.24) is 9.88 Å². The summed E-state index contributed by atoms with van der Waals surface area (Å²) >= 11 is 0. The highest BCUT2D eigenvalue weighted by molar-refractivity contribution is 5.83. The van der Waals surface area contributed by atoms with Crippen molar-refractivity contribution >= 4 is 16.6 Å². The van der Waals surface area contributed by atoms with E-state index in [1.807, 2.05) is 24.4 Å². The van der Waals surface area contributed by atoms with E-state index < -0.39 is 0 Å². The normalized spacial score (nSPS) is 18.1. The number of aromatic nitrogens is 1. The number of nitrogens with one attached hydrogen (secondary N) is 1. The van der Waals surface area contributed by atoms with Crippen molar-refractivity contribution in [2.45, 2.75) is 12.3 Å². The maximum atomic E-state index is 4.30. The fourth-order valence-electron chi connectivity index (χ4n) is 3.58. The molecule has 1 aliphatic heterocycles. The molecule has 0 spiro atoms. The Balaban J connectivity index is 1.33. The molecule has 0 saturated carbocycles. The second kappa shape index (κ2) is 7.02. The summed E-state index contributed by atoms with van der Waals surface area (Å²) in [5.41, 5.74) is 1.48. The summed E-state index contributed by atoms with van der Waals surface area (Å²) in [4.78, 5) is 6.86. The summed E-state index contributed by atoms with van der Waals surface area (Å²) in [5.74, 6) is 1.62. The minimum absolute atomic E-state index is 0.657. The number of nitrogens with zero attached hydrogens (tertiary/aromatic N) is 2. The molecule has 0 radical (unpaired) electrons. The van der Waals surface area contributed by atoms with Crippen molar-refractivity contribution in [3.05, 3.63) is 72.4 Å². The van der Waals surface area contributed by atoms with Gasteiger partial charge < -0.3 is 10.2 Å². The second-order valence-electron chi connectivity index (χ2n) is 6.53. The summed E-state index contributed by atoms with van der Waals surface area (Å²) in [6.45, 7) is 4.35. The zero-order valence-corrected chi connectivity index (χ0v) is 13.9. The first kappa shape index (κ1) is 15.2. The van der Waals surface area contributed by atoms with Crippen molar-refractivity contribution < 1.29 is 0 Å². The van der Waals surface area contributed by atoms with E-state index in [2.05, 4.69) is 57.7 Å². The van der Waals surface area contributed by atoms with Gasteiger partial charge in [-0.1, -0.05) is 48.5 Å². The van der Waals surface area contributed by atoms with E-state index in [9.17, 15) is 0 Å². The van der Waals surface area contributed by atoms with Crippen LogP contribution < -0.4 is 5.32 Å². The zero-order valence-electron chi connectivity index (χ0n) is 13.9. The first-order valence-electron chi connectivity index (χ1n) is 8.74. The van der Waals surface area contributed by atoms with E-state index in [1.165, 1.54) is 29.3 Å². The number of hydrogen-bond donors (Lipinski definition) is 1. The van der Waals surface area contributed by atoms with E-state index >= 15 is 0 Å². The molecule has 2 aromatic carbocycles. The van der Waals surface area contributed by atoms with Crippen LogP contribution in [0.5, 0.6) is 0 Å². The Morgan fingerprint density at radius 3 is 2.75 bits per heavy atom. The van der Waals surface area contributed by atoms with Crippen molar-refractivity contribution in [2.24, 2.45) is 0 Å². The third-order valence-corrected chi connectivity index (χ3v) is 4.92. The topological polar surface area (TPSA) is 28.2 Å². The molecule has 3 nitrogen and oxygen atoms in total. The Kier molecular flexibility index (Phi) is 4.43. The summed E-state index contributed by atoms with van der Waals surface area (Å²) in [6, 6.07) is 21.5. The number of benzene rings is 2. The van der Waals surface area contributed by atoms with Crippen LogP contribution in [0.1, 0.15) is 17.9 Å². The van der Waals surface area contributed by atoms with Crippen molar-refractivity contribution in [3.8, 4) is 0 Å². The van der Waals surface area contributed by atoms with Gasteiger partial charge >= 0.3 is 0 Å². The van der Waals surface area contributed by atoms with Crippen LogP contribution in [0.25, 0.3) is 10.8 Å². The Morgan fingerprint density at radius 2 is 1.88 bits per heavy atom. The predicted molar refractivity (Wildman–Crippen MR) is 100 cm³/mol. The minimum Gasteiger partial charge on any atom is -0.369 e. The van der Waals surface area contributed by atoms with E-state index in [4.69, 9.17) is 0 Å². The SMILES string of the molecule is c1ccc(NCCN2CCC(c3ccc4ccccc4c3)C2)nc1. The summed E-state index contributed by atoms with van der Waals surface area (Å²) in [6.07, 6.45) is 3.08. The fourth-order valence-corrected chi connectivity index (χ4v) is 3.58. The smallest absolute Gasteiger partial charge is 0.125 e. The molecule has 1 saturated heterocycles. The molecule has 0 amide bonds. The average molecular weight is 317 g/mol. The van der Waals surface area contributed by atoms with Crippen LogP contribution in [-0.4, -0.2) is 36.1 Å². The van der Waals surface area contributed by atoms with Crippen LogP contribution in [0.3, 0.4) is 0 Å². The molecule has 1 aromatic heterocycles. The minimum atomic E-state index is 0.657. The molecular formula is C21H23N3. The quantitative estimate of drug-likeness (QED) is 0.766. The molecule has 1 unspecified atom stereocenters. The van der Waals surface area contributed by atoms with Gasteiger partial charge in [-0.15, -0.1) is 0 Å². The lowest BCUT2D eigenvalue weighted by molar-refractivity contribution is 0.348. The lowest BCUT2D eigenvalue weighted by atomic mass is 9.96. The molecule has 24 heavy (non-hydrogen) atoms. The molecule has 1 aliphatic rings. The molecule has 122 valence electrons. The maximum Gasteiger partial charge on any atom is 0.125 e. The van der Waals surface area contributed by atoms with E-state index in [0.717, 1.165) is 25.5 Å². The molecule has 4 rings (SSSR count). The Bertz CT molecular complexity index is 800. The lowest BCUT2D eigenvalue weighted by Gasteiger charge is -2.17. The van der Waals surface area contributed by atoms with Gasteiger partial charge in [0, 0.05) is 25.8 Å². The number of pyridine rings is 1. The third kappa shape index (κ3) is 3.41. The lowest BCUT2D eigenvalue weighted by Crippen LogP contribution is -2.27. The molecule has 1 atom stereocenters. The predicted octanol–water partition coefficient (Wildman–Crippen LogP) is 4.14. The van der Waals surface area contributed by atoms with E-state index in [-0.39, 0.29) is 0 Å². The molecule has 1 N–H and O–H groups in total. The van der Waals surface area contributed by atoms with Gasteiger partial charge in [-0.2, -0.15) is 0 Å². The highest BCUT2D eigenvalue weighted by atomic mass is 15.2. The summed E-state index contributed by atoms with van der Waals surface area (Å²) in [5, 5.41) is 6.08. The van der Waals surface area contributed by atoms with Gasteiger partial charge in [0.1, 0.15) is 5.82 Å². The van der Waals surface area contributed by atoms with E-state index in [1.54, 1.807) is 0 Å². The number of rotatable bonds is 5. The van der Waals surface area contributed by atoms with Gasteiger partial charge in [0.2, 0.25) is 0 Å². The Hall–Kier alpha value is -2.39. The highest BCUT2D eigenvalue weighted by Gasteiger charge is 2.23. The van der Waals surface area contributed by atoms with Gasteiger partial charge in [0.05, 0.1) is 0 Å². The molecule has 3 aromatic rings. The van der Waals surface area contributed by atoms with Crippen LogP contribution in [0, 0.1) is 0 Å². The summed E-state index contributed by atoms with van der Waals surface area (Å²) in [7, 11) is 0. The van der Waals surface area contributed by atoms with Gasteiger partial charge in [0.15, 0.2) is 0 Å². The molecule has 0 bridgehead atoms. The average Bonchev–Trinajstić information content (AvgIpc) is 3.11. The first-order chi connectivity index (χ1) is 11.9. The van der Waals surface area contributed by atoms with Crippen LogP contribution in [0.15, 0.2) is 66.9 Å². The number of hydrogen-bond acceptors (Lipinski definition) is 3. The second-order valence-corrected chi connectivity index (χ2v) is 6.53. The van der Waals surface area contributed by atoms with Crippen LogP contribution in [-0.2, 0) is 0 Å². The van der Waals surface area contributed by atoms with Crippen molar-refractivity contribution in [3.63, 3.8) is 0 Å². The molecule has 1 fully saturated rings. The molecule has 3 heteroatoms. The first-order valence-corrected chi connectivity index (χ1v) is 8.74. The zero-order chi connectivity index (χ0) is 16.2. The van der Waals surface area contributed by atoms with Crippen LogP contribution in [0.2, 0.25) is 0 Å². The monoisotopic (exact) mass is 317 g/mol. The number of anilines is 1. The van der Waals surface area contributed by atoms with Crippen molar-refractivity contribution in [1.29, 1.82) is 0 Å². The largest absolute Gasteiger partial charge is 0.369 e. The molecular weight excluding hydrogens is 294 g/mol. The molecule has 0 aliphatic carbocycles.